The highest BCUT2D eigenvalue weighted by Gasteiger charge is 2.28. The summed E-state index contributed by atoms with van der Waals surface area (Å²) in [7, 11) is 0. The minimum Gasteiger partial charge on any atom is -0.379 e. The minimum atomic E-state index is -0.777. The summed E-state index contributed by atoms with van der Waals surface area (Å²) in [6.45, 7) is 0. The number of rotatable bonds is 4. The molecular formula is C16H17N9OS. The molecule has 3 aromatic heterocycles. The van der Waals surface area contributed by atoms with E-state index >= 15 is 0 Å². The van der Waals surface area contributed by atoms with Crippen LogP contribution in [0.15, 0.2) is 24.4 Å². The van der Waals surface area contributed by atoms with E-state index in [0.29, 0.717) is 17.1 Å². The SMILES string of the molecule is NC(O)C1CCC(Nc2ncc3nnn(-c4ccc5nsnc5c4)c3n2)C1. The van der Waals surface area contributed by atoms with Crippen molar-refractivity contribution in [2.45, 2.75) is 31.5 Å². The molecule has 138 valence electrons. The Morgan fingerprint density at radius 2 is 2.11 bits per heavy atom. The van der Waals surface area contributed by atoms with Crippen LogP contribution in [-0.2, 0) is 0 Å². The number of nitrogens with zero attached hydrogens (tertiary/aromatic N) is 7. The van der Waals surface area contributed by atoms with E-state index in [1.807, 2.05) is 18.2 Å². The molecule has 5 rings (SSSR count). The molecular weight excluding hydrogens is 366 g/mol. The summed E-state index contributed by atoms with van der Waals surface area (Å²) < 4.78 is 10.2. The lowest BCUT2D eigenvalue weighted by molar-refractivity contribution is 0.117. The molecule has 4 aromatic rings. The van der Waals surface area contributed by atoms with E-state index in [0.717, 1.165) is 36.0 Å². The van der Waals surface area contributed by atoms with Crippen LogP contribution in [0.5, 0.6) is 0 Å². The van der Waals surface area contributed by atoms with Gasteiger partial charge in [-0.3, -0.25) is 0 Å². The standard InChI is InChI=1S/C16H17N9OS/c17-14(26)8-1-2-9(5-8)19-16-18-7-13-15(20-16)25(24-21-13)10-3-4-11-12(6-10)23-27-22-11/h3-4,6-9,14,26H,1-2,5,17H2,(H,18,19,20). The number of anilines is 1. The van der Waals surface area contributed by atoms with Gasteiger partial charge < -0.3 is 16.2 Å². The maximum Gasteiger partial charge on any atom is 0.225 e. The van der Waals surface area contributed by atoms with E-state index in [2.05, 4.69) is 34.3 Å². The van der Waals surface area contributed by atoms with Crippen LogP contribution < -0.4 is 11.1 Å². The predicted molar refractivity (Wildman–Crippen MR) is 100 cm³/mol. The molecule has 1 aliphatic carbocycles. The van der Waals surface area contributed by atoms with Gasteiger partial charge in [0.25, 0.3) is 0 Å². The van der Waals surface area contributed by atoms with Gasteiger partial charge in [-0.25, -0.2) is 4.98 Å². The zero-order chi connectivity index (χ0) is 18.4. The second-order valence-corrected chi connectivity index (χ2v) is 7.27. The van der Waals surface area contributed by atoms with Crippen molar-refractivity contribution in [2.75, 3.05) is 5.32 Å². The van der Waals surface area contributed by atoms with Gasteiger partial charge in [0, 0.05) is 12.0 Å². The first kappa shape index (κ1) is 16.4. The van der Waals surface area contributed by atoms with Crippen LogP contribution in [-0.4, -0.2) is 51.1 Å². The lowest BCUT2D eigenvalue weighted by atomic mass is 10.1. The molecule has 0 bridgehead atoms. The summed E-state index contributed by atoms with van der Waals surface area (Å²) >= 11 is 1.18. The van der Waals surface area contributed by atoms with E-state index in [1.165, 1.54) is 11.7 Å². The molecule has 0 spiro atoms. The Hall–Kier alpha value is -2.76. The molecule has 3 atom stereocenters. The number of hydrogen-bond donors (Lipinski definition) is 3. The number of nitrogens with two attached hydrogens (primary N) is 1. The molecule has 0 saturated heterocycles. The molecule has 4 N–H and O–H groups in total. The summed E-state index contributed by atoms with van der Waals surface area (Å²) in [5.41, 5.74) is 9.30. The third-order valence-electron chi connectivity index (χ3n) is 4.96. The third-order valence-corrected chi connectivity index (χ3v) is 5.52. The molecule has 0 radical (unpaired) electrons. The van der Waals surface area contributed by atoms with Gasteiger partial charge in [0.15, 0.2) is 11.2 Å². The molecule has 0 aliphatic heterocycles. The van der Waals surface area contributed by atoms with Crippen molar-refractivity contribution >= 4 is 39.9 Å². The zero-order valence-corrected chi connectivity index (χ0v) is 15.0. The average molecular weight is 383 g/mol. The van der Waals surface area contributed by atoms with Gasteiger partial charge in [0.1, 0.15) is 17.3 Å². The Bertz CT molecular complexity index is 1110. The Balaban J connectivity index is 1.45. The summed E-state index contributed by atoms with van der Waals surface area (Å²) in [5, 5.41) is 21.3. The highest BCUT2D eigenvalue weighted by atomic mass is 32.1. The Kier molecular flexibility index (Phi) is 3.92. The first-order valence-electron chi connectivity index (χ1n) is 8.69. The number of aromatic nitrogens is 7. The zero-order valence-electron chi connectivity index (χ0n) is 14.2. The number of nitrogens with one attached hydrogen (secondary N) is 1. The molecule has 1 aromatic carbocycles. The topological polar surface area (TPSA) is 141 Å². The first-order chi connectivity index (χ1) is 13.2. The largest absolute Gasteiger partial charge is 0.379 e. The Labute approximate surface area is 157 Å². The number of aliphatic hydroxyl groups is 1. The minimum absolute atomic E-state index is 0.108. The molecule has 1 fully saturated rings. The summed E-state index contributed by atoms with van der Waals surface area (Å²) in [6, 6.07) is 5.91. The van der Waals surface area contributed by atoms with Crippen molar-refractivity contribution < 1.29 is 5.11 Å². The van der Waals surface area contributed by atoms with Crippen LogP contribution in [0.25, 0.3) is 27.9 Å². The van der Waals surface area contributed by atoms with E-state index in [4.69, 9.17) is 5.73 Å². The molecule has 27 heavy (non-hydrogen) atoms. The third kappa shape index (κ3) is 2.99. The van der Waals surface area contributed by atoms with Gasteiger partial charge in [-0.05, 0) is 37.5 Å². The normalized spacial score (nSPS) is 21.1. The first-order valence-corrected chi connectivity index (χ1v) is 9.42. The Morgan fingerprint density at radius 1 is 1.22 bits per heavy atom. The van der Waals surface area contributed by atoms with Crippen molar-refractivity contribution in [3.8, 4) is 5.69 Å². The molecule has 3 unspecified atom stereocenters. The summed E-state index contributed by atoms with van der Waals surface area (Å²) in [5.74, 6) is 0.622. The predicted octanol–water partition coefficient (Wildman–Crippen LogP) is 1.07. The van der Waals surface area contributed by atoms with Gasteiger partial charge in [-0.15, -0.1) is 5.10 Å². The fourth-order valence-corrected chi connectivity index (χ4v) is 4.03. The Morgan fingerprint density at radius 3 is 2.96 bits per heavy atom. The number of hydrogen-bond acceptors (Lipinski definition) is 10. The van der Waals surface area contributed by atoms with Crippen molar-refractivity contribution in [2.24, 2.45) is 11.7 Å². The molecule has 11 heteroatoms. The molecule has 1 saturated carbocycles. The fourth-order valence-electron chi connectivity index (χ4n) is 3.51. The van der Waals surface area contributed by atoms with Crippen molar-refractivity contribution in [3.05, 3.63) is 24.4 Å². The highest BCUT2D eigenvalue weighted by molar-refractivity contribution is 7.00. The van der Waals surface area contributed by atoms with Crippen molar-refractivity contribution in [3.63, 3.8) is 0 Å². The summed E-state index contributed by atoms with van der Waals surface area (Å²) in [6.07, 6.45) is 3.48. The van der Waals surface area contributed by atoms with Crippen LogP contribution in [0, 0.1) is 5.92 Å². The average Bonchev–Trinajstić information content (AvgIpc) is 3.40. The smallest absolute Gasteiger partial charge is 0.225 e. The number of fused-ring (bicyclic) bond motifs is 2. The van der Waals surface area contributed by atoms with Gasteiger partial charge in [-0.1, -0.05) is 5.21 Å². The lowest BCUT2D eigenvalue weighted by Gasteiger charge is -2.15. The van der Waals surface area contributed by atoms with Gasteiger partial charge >= 0.3 is 0 Å². The quantitative estimate of drug-likeness (QED) is 0.441. The molecule has 3 heterocycles. The van der Waals surface area contributed by atoms with Gasteiger partial charge in [-0.2, -0.15) is 18.4 Å². The molecule has 1 aliphatic rings. The molecule has 0 amide bonds. The van der Waals surface area contributed by atoms with E-state index < -0.39 is 6.23 Å². The molecule has 10 nitrogen and oxygen atoms in total. The number of benzene rings is 1. The van der Waals surface area contributed by atoms with E-state index in [-0.39, 0.29) is 12.0 Å². The van der Waals surface area contributed by atoms with Crippen LogP contribution in [0.1, 0.15) is 19.3 Å². The van der Waals surface area contributed by atoms with Crippen LogP contribution in [0.2, 0.25) is 0 Å². The van der Waals surface area contributed by atoms with Gasteiger partial charge in [0.2, 0.25) is 5.95 Å². The number of aliphatic hydroxyl groups excluding tert-OH is 1. The van der Waals surface area contributed by atoms with Crippen LogP contribution >= 0.6 is 11.7 Å². The maximum absolute atomic E-state index is 9.56. The second-order valence-electron chi connectivity index (χ2n) is 6.75. The highest BCUT2D eigenvalue weighted by Crippen LogP contribution is 2.29. The van der Waals surface area contributed by atoms with Crippen LogP contribution in [0.4, 0.5) is 5.95 Å². The summed E-state index contributed by atoms with van der Waals surface area (Å²) in [4.78, 5) is 8.94. The lowest BCUT2D eigenvalue weighted by Crippen LogP contribution is -2.29. The fraction of sp³-hybridized carbons (Fsp3) is 0.375. The van der Waals surface area contributed by atoms with E-state index in [1.54, 1.807) is 10.9 Å². The van der Waals surface area contributed by atoms with Crippen molar-refractivity contribution in [1.82, 2.24) is 33.7 Å². The monoisotopic (exact) mass is 383 g/mol. The second kappa shape index (κ2) is 6.44. The maximum atomic E-state index is 9.56. The van der Waals surface area contributed by atoms with Gasteiger partial charge in [0.05, 0.1) is 23.6 Å². The van der Waals surface area contributed by atoms with E-state index in [9.17, 15) is 5.11 Å². The van der Waals surface area contributed by atoms with Crippen molar-refractivity contribution in [1.29, 1.82) is 0 Å². The van der Waals surface area contributed by atoms with Crippen LogP contribution in [0.3, 0.4) is 0 Å².